The number of hydrogen-bond donors (Lipinski definition) is 0. The molecule has 0 aromatic heterocycles. The zero-order valence-corrected chi connectivity index (χ0v) is 9.94. The second kappa shape index (κ2) is 6.24. The summed E-state index contributed by atoms with van der Waals surface area (Å²) in [5.41, 5.74) is -1.30. The van der Waals surface area contributed by atoms with Crippen molar-refractivity contribution in [3.8, 4) is 0 Å². The Bertz CT molecular complexity index is 520. The van der Waals surface area contributed by atoms with E-state index < -0.39 is 27.2 Å². The van der Waals surface area contributed by atoms with Crippen LogP contribution in [0.4, 0.5) is 11.4 Å². The second-order valence-corrected chi connectivity index (χ2v) is 3.42. The fourth-order valence-corrected chi connectivity index (χ4v) is 1.23. The summed E-state index contributed by atoms with van der Waals surface area (Å²) in [6, 6.07) is 2.65. The van der Waals surface area contributed by atoms with Crippen molar-refractivity contribution >= 4 is 17.3 Å². The lowest BCUT2D eigenvalue weighted by molar-refractivity contribution is -0.394. The standard InChI is InChI=1S/C11H10N2O6/c1-2-3-4-19-11(14)8-5-9(12(15)16)7-10(6-8)13(17)18/h2-3,5-7H,4H2,1H3/b3-2+. The molecular weight excluding hydrogens is 256 g/mol. The molecule has 0 saturated carbocycles. The van der Waals surface area contributed by atoms with Gasteiger partial charge in [0.2, 0.25) is 0 Å². The van der Waals surface area contributed by atoms with E-state index in [0.717, 1.165) is 18.2 Å². The largest absolute Gasteiger partial charge is 0.458 e. The molecule has 0 aliphatic carbocycles. The summed E-state index contributed by atoms with van der Waals surface area (Å²) in [6.07, 6.45) is 3.22. The molecule has 0 saturated heterocycles. The predicted molar refractivity (Wildman–Crippen MR) is 64.8 cm³/mol. The third-order valence-corrected chi connectivity index (χ3v) is 2.11. The van der Waals surface area contributed by atoms with Crippen LogP contribution in [0.1, 0.15) is 17.3 Å². The summed E-state index contributed by atoms with van der Waals surface area (Å²) in [4.78, 5) is 31.2. The van der Waals surface area contributed by atoms with Gasteiger partial charge in [-0.05, 0) is 6.92 Å². The van der Waals surface area contributed by atoms with E-state index in [4.69, 9.17) is 4.74 Å². The van der Waals surface area contributed by atoms with Gasteiger partial charge in [-0.15, -0.1) is 0 Å². The molecule has 8 nitrogen and oxygen atoms in total. The Balaban J connectivity index is 3.08. The van der Waals surface area contributed by atoms with Crippen molar-refractivity contribution in [2.45, 2.75) is 6.92 Å². The zero-order chi connectivity index (χ0) is 14.4. The maximum Gasteiger partial charge on any atom is 0.338 e. The number of esters is 1. The van der Waals surface area contributed by atoms with Crippen molar-refractivity contribution in [3.63, 3.8) is 0 Å². The Kier molecular flexibility index (Phi) is 4.69. The molecule has 0 atom stereocenters. The van der Waals surface area contributed by atoms with Crippen LogP contribution in [0.2, 0.25) is 0 Å². The van der Waals surface area contributed by atoms with E-state index in [0.29, 0.717) is 0 Å². The van der Waals surface area contributed by atoms with E-state index in [9.17, 15) is 25.0 Å². The van der Waals surface area contributed by atoms with Crippen LogP contribution in [0, 0.1) is 20.2 Å². The van der Waals surface area contributed by atoms with Gasteiger partial charge >= 0.3 is 5.97 Å². The third-order valence-electron chi connectivity index (χ3n) is 2.11. The Morgan fingerprint density at radius 2 is 1.74 bits per heavy atom. The van der Waals surface area contributed by atoms with E-state index in [-0.39, 0.29) is 12.2 Å². The second-order valence-electron chi connectivity index (χ2n) is 3.42. The molecule has 1 rings (SSSR count). The summed E-state index contributed by atoms with van der Waals surface area (Å²) >= 11 is 0. The fraction of sp³-hybridized carbons (Fsp3) is 0.182. The summed E-state index contributed by atoms with van der Waals surface area (Å²) in [5, 5.41) is 21.3. The van der Waals surface area contributed by atoms with Gasteiger partial charge in [-0.25, -0.2) is 4.79 Å². The number of hydrogen-bond acceptors (Lipinski definition) is 6. The molecule has 1 aromatic carbocycles. The SMILES string of the molecule is C/C=C/COC(=O)c1cc([N+](=O)[O-])cc([N+](=O)[O-])c1. The van der Waals surface area contributed by atoms with Gasteiger partial charge in [0.1, 0.15) is 6.61 Å². The Labute approximate surface area is 107 Å². The van der Waals surface area contributed by atoms with E-state index in [2.05, 4.69) is 0 Å². The van der Waals surface area contributed by atoms with Crippen molar-refractivity contribution in [1.29, 1.82) is 0 Å². The maximum atomic E-state index is 11.6. The lowest BCUT2D eigenvalue weighted by Crippen LogP contribution is -2.06. The Hall–Kier alpha value is -2.77. The smallest absolute Gasteiger partial charge is 0.338 e. The molecule has 0 spiro atoms. The van der Waals surface area contributed by atoms with Gasteiger partial charge in [0.25, 0.3) is 11.4 Å². The van der Waals surface area contributed by atoms with Crippen LogP contribution >= 0.6 is 0 Å². The molecule has 0 unspecified atom stereocenters. The first-order valence-electron chi connectivity index (χ1n) is 5.18. The minimum atomic E-state index is -0.857. The van der Waals surface area contributed by atoms with Gasteiger partial charge in [-0.3, -0.25) is 20.2 Å². The Morgan fingerprint density at radius 3 is 2.16 bits per heavy atom. The third kappa shape index (κ3) is 3.87. The van der Waals surface area contributed by atoms with Crippen LogP contribution in [0.15, 0.2) is 30.4 Å². The first-order valence-corrected chi connectivity index (χ1v) is 5.18. The van der Waals surface area contributed by atoms with Crippen LogP contribution < -0.4 is 0 Å². The maximum absolute atomic E-state index is 11.6. The molecule has 8 heteroatoms. The summed E-state index contributed by atoms with van der Waals surface area (Å²) in [7, 11) is 0. The highest BCUT2D eigenvalue weighted by Crippen LogP contribution is 2.23. The van der Waals surface area contributed by atoms with Crippen LogP contribution in [-0.4, -0.2) is 22.4 Å². The van der Waals surface area contributed by atoms with Gasteiger partial charge in [-0.1, -0.05) is 12.2 Å². The molecule has 100 valence electrons. The van der Waals surface area contributed by atoms with Crippen LogP contribution in [0.3, 0.4) is 0 Å². The zero-order valence-electron chi connectivity index (χ0n) is 9.94. The number of benzene rings is 1. The number of nitrogens with zero attached hydrogens (tertiary/aromatic N) is 2. The molecule has 0 amide bonds. The number of nitro groups is 2. The molecular formula is C11H10N2O6. The van der Waals surface area contributed by atoms with Gasteiger partial charge in [0, 0.05) is 12.1 Å². The average molecular weight is 266 g/mol. The minimum absolute atomic E-state index is 0.00811. The van der Waals surface area contributed by atoms with Gasteiger partial charge in [0.15, 0.2) is 0 Å². The van der Waals surface area contributed by atoms with Crippen LogP contribution in [0.5, 0.6) is 0 Å². The first kappa shape index (κ1) is 14.3. The Morgan fingerprint density at radius 1 is 1.21 bits per heavy atom. The summed E-state index contributed by atoms with van der Waals surface area (Å²) in [6.45, 7) is 1.72. The van der Waals surface area contributed by atoms with Gasteiger partial charge in [-0.2, -0.15) is 0 Å². The van der Waals surface area contributed by atoms with Crippen molar-refractivity contribution in [3.05, 3.63) is 56.1 Å². The number of allylic oxidation sites excluding steroid dienone is 1. The van der Waals surface area contributed by atoms with Gasteiger partial charge in [0.05, 0.1) is 21.5 Å². The van der Waals surface area contributed by atoms with E-state index >= 15 is 0 Å². The highest BCUT2D eigenvalue weighted by atomic mass is 16.6. The molecule has 0 fully saturated rings. The predicted octanol–water partition coefficient (Wildman–Crippen LogP) is 2.24. The molecule has 0 aliphatic heterocycles. The molecule has 1 aromatic rings. The highest BCUT2D eigenvalue weighted by molar-refractivity contribution is 5.91. The van der Waals surface area contributed by atoms with Crippen LogP contribution in [0.25, 0.3) is 0 Å². The fourth-order valence-electron chi connectivity index (χ4n) is 1.23. The van der Waals surface area contributed by atoms with E-state index in [1.807, 2.05) is 0 Å². The van der Waals surface area contributed by atoms with E-state index in [1.165, 1.54) is 0 Å². The average Bonchev–Trinajstić information content (AvgIpc) is 2.38. The number of carbonyl (C=O) groups is 1. The number of ether oxygens (including phenoxy) is 1. The van der Waals surface area contributed by atoms with Crippen molar-refractivity contribution < 1.29 is 19.4 Å². The monoisotopic (exact) mass is 266 g/mol. The number of nitro benzene ring substituents is 2. The summed E-state index contributed by atoms with van der Waals surface area (Å²) < 4.78 is 4.77. The summed E-state index contributed by atoms with van der Waals surface area (Å²) in [5.74, 6) is -0.857. The number of rotatable bonds is 5. The topological polar surface area (TPSA) is 113 Å². The molecule has 19 heavy (non-hydrogen) atoms. The van der Waals surface area contributed by atoms with Crippen molar-refractivity contribution in [2.24, 2.45) is 0 Å². The molecule has 0 N–H and O–H groups in total. The van der Waals surface area contributed by atoms with Crippen molar-refractivity contribution in [2.75, 3.05) is 6.61 Å². The van der Waals surface area contributed by atoms with Gasteiger partial charge < -0.3 is 4.74 Å². The lowest BCUT2D eigenvalue weighted by atomic mass is 10.2. The van der Waals surface area contributed by atoms with E-state index in [1.54, 1.807) is 19.1 Å². The quantitative estimate of drug-likeness (QED) is 0.349. The minimum Gasteiger partial charge on any atom is -0.458 e. The molecule has 0 bridgehead atoms. The molecule has 0 heterocycles. The first-order chi connectivity index (χ1) is 8.95. The number of carbonyl (C=O) groups excluding carboxylic acids is 1. The normalized spacial score (nSPS) is 10.4. The molecule has 0 aliphatic rings. The highest BCUT2D eigenvalue weighted by Gasteiger charge is 2.20. The van der Waals surface area contributed by atoms with Crippen molar-refractivity contribution in [1.82, 2.24) is 0 Å². The lowest BCUT2D eigenvalue weighted by Gasteiger charge is -2.02. The number of non-ortho nitro benzene ring substituents is 2. The van der Waals surface area contributed by atoms with Crippen LogP contribution in [-0.2, 0) is 4.74 Å². The molecule has 0 radical (unpaired) electrons.